The lowest BCUT2D eigenvalue weighted by atomic mass is 9.72. The highest BCUT2D eigenvalue weighted by atomic mass is 16.7. The van der Waals surface area contributed by atoms with Crippen molar-refractivity contribution in [3.63, 3.8) is 0 Å². The van der Waals surface area contributed by atoms with Crippen molar-refractivity contribution in [1.82, 2.24) is 0 Å². The number of aliphatic hydroxyl groups excluding tert-OH is 8. The van der Waals surface area contributed by atoms with Crippen LogP contribution in [0.1, 0.15) is 32.1 Å². The minimum atomic E-state index is -1.48. The predicted octanol–water partition coefficient (Wildman–Crippen LogP) is -3.90. The van der Waals surface area contributed by atoms with Gasteiger partial charge in [0.2, 0.25) is 0 Å². The summed E-state index contributed by atoms with van der Waals surface area (Å²) in [5, 5.41) is 80.8. The molecule has 8 unspecified atom stereocenters. The molecule has 2 saturated carbocycles. The van der Waals surface area contributed by atoms with Crippen LogP contribution in [0.15, 0.2) is 0 Å². The van der Waals surface area contributed by atoms with Crippen molar-refractivity contribution in [2.45, 2.75) is 106 Å². The van der Waals surface area contributed by atoms with Gasteiger partial charge in [0.25, 0.3) is 0 Å². The zero-order valence-electron chi connectivity index (χ0n) is 17.2. The Morgan fingerprint density at radius 3 is 2.03 bits per heavy atom. The van der Waals surface area contributed by atoms with Gasteiger partial charge in [0.1, 0.15) is 30.5 Å². The fraction of sp³-hybridized carbons (Fsp3) is 1.00. The Hall–Kier alpha value is -0.440. The zero-order valence-corrected chi connectivity index (χ0v) is 17.2. The van der Waals surface area contributed by atoms with Crippen molar-refractivity contribution in [3.05, 3.63) is 0 Å². The van der Waals surface area contributed by atoms with Crippen LogP contribution >= 0.6 is 0 Å². The molecule has 0 aromatic heterocycles. The summed E-state index contributed by atoms with van der Waals surface area (Å²) in [5.74, 6) is -0.614. The Morgan fingerprint density at radius 2 is 1.35 bits per heavy atom. The van der Waals surface area contributed by atoms with Crippen LogP contribution in [0.3, 0.4) is 0 Å². The van der Waals surface area contributed by atoms with Crippen LogP contribution in [-0.4, -0.2) is 126 Å². The van der Waals surface area contributed by atoms with E-state index < -0.39 is 67.3 Å². The summed E-state index contributed by atoms with van der Waals surface area (Å²) in [6, 6.07) is 0. The van der Waals surface area contributed by atoms with Crippen molar-refractivity contribution in [2.24, 2.45) is 11.8 Å². The van der Waals surface area contributed by atoms with Crippen LogP contribution in [-0.2, 0) is 9.47 Å². The number of ether oxygens (including phenoxy) is 3. The Bertz CT molecular complexity index is 596. The van der Waals surface area contributed by atoms with Crippen LogP contribution in [0.2, 0.25) is 0 Å². The summed E-state index contributed by atoms with van der Waals surface area (Å²) in [5.41, 5.74) is 0. The molecule has 2 heterocycles. The van der Waals surface area contributed by atoms with Gasteiger partial charge >= 0.3 is 0 Å². The van der Waals surface area contributed by atoms with Crippen LogP contribution in [0.5, 0.6) is 0 Å². The largest absolute Gasteiger partial charge is 0.427 e. The third kappa shape index (κ3) is 4.78. The van der Waals surface area contributed by atoms with Crippen molar-refractivity contribution >= 4 is 0 Å². The van der Waals surface area contributed by atoms with Gasteiger partial charge in [-0.05, 0) is 19.3 Å². The molecule has 9 N–H and O–H groups in total. The van der Waals surface area contributed by atoms with Crippen LogP contribution in [0, 0.1) is 11.8 Å². The molecule has 2 saturated heterocycles. The smallest absolute Gasteiger partial charge is 0.186 e. The third-order valence-corrected chi connectivity index (χ3v) is 7.39. The number of fused-ring (bicyclic) bond motifs is 1. The van der Waals surface area contributed by atoms with Crippen LogP contribution in [0.4, 0.5) is 0 Å². The van der Waals surface area contributed by atoms with E-state index in [2.05, 4.69) is 0 Å². The molecule has 0 aromatic carbocycles. The van der Waals surface area contributed by atoms with E-state index in [0.29, 0.717) is 12.8 Å². The molecule has 0 amide bonds. The van der Waals surface area contributed by atoms with Crippen molar-refractivity contribution in [1.29, 1.82) is 0 Å². The molecule has 11 heteroatoms. The molecule has 180 valence electrons. The summed E-state index contributed by atoms with van der Waals surface area (Å²) in [7, 11) is 0. The Morgan fingerprint density at radius 1 is 0.677 bits per heavy atom. The van der Waals surface area contributed by atoms with Crippen LogP contribution < -0.4 is 0 Å². The molecule has 2 aliphatic carbocycles. The van der Waals surface area contributed by atoms with Gasteiger partial charge in [0.05, 0.1) is 36.9 Å². The van der Waals surface area contributed by atoms with Gasteiger partial charge in [-0.3, -0.25) is 0 Å². The first-order valence-corrected chi connectivity index (χ1v) is 11.1. The minimum Gasteiger partial charge on any atom is -0.427 e. The van der Waals surface area contributed by atoms with E-state index in [1.807, 2.05) is 0 Å². The molecule has 12 atom stereocenters. The lowest BCUT2D eigenvalue weighted by molar-refractivity contribution is -0.346. The molecule has 4 aliphatic rings. The van der Waals surface area contributed by atoms with Gasteiger partial charge in [-0.25, -0.2) is 0 Å². The molecular weight excluding hydrogens is 416 g/mol. The molecule has 2 aliphatic heterocycles. The van der Waals surface area contributed by atoms with Gasteiger partial charge in [0, 0.05) is 18.8 Å². The monoisotopic (exact) mass is 451 g/mol. The normalized spacial score (nSPS) is 56.1. The van der Waals surface area contributed by atoms with E-state index in [1.54, 1.807) is 0 Å². The van der Waals surface area contributed by atoms with Crippen molar-refractivity contribution in [2.75, 3.05) is 6.61 Å². The summed E-state index contributed by atoms with van der Waals surface area (Å²) in [6.45, 7) is -0.217. The summed E-state index contributed by atoms with van der Waals surface area (Å²) >= 11 is 0. The highest BCUT2D eigenvalue weighted by Crippen LogP contribution is 2.42. The van der Waals surface area contributed by atoms with E-state index in [0.717, 1.165) is 0 Å². The maximum atomic E-state index is 10.5. The SMILES string of the molecule is OC1CC(O)C2CC(O[C@@H]3OC[C@H](O)[C@H](O)[C@H]3O)C(C3CC(O)C(O)C(O)C3)[OH+]C2C1. The fourth-order valence-electron chi connectivity index (χ4n) is 5.63. The number of aliphatic hydroxyl groups is 10. The highest BCUT2D eigenvalue weighted by molar-refractivity contribution is 4.99. The second-order valence-corrected chi connectivity index (χ2v) is 9.58. The van der Waals surface area contributed by atoms with Crippen molar-refractivity contribution in [3.8, 4) is 0 Å². The second kappa shape index (κ2) is 9.43. The number of hydrogen-bond acceptors (Lipinski definition) is 10. The Labute approximate surface area is 179 Å². The van der Waals surface area contributed by atoms with Gasteiger partial charge < -0.3 is 55.1 Å². The average molecular weight is 451 g/mol. The Kier molecular flexibility index (Phi) is 7.21. The topological polar surface area (TPSA) is 193 Å². The maximum absolute atomic E-state index is 10.5. The lowest BCUT2D eigenvalue weighted by Gasteiger charge is -2.48. The van der Waals surface area contributed by atoms with Gasteiger partial charge in [-0.2, -0.15) is 0 Å². The molecule has 4 rings (SSSR count). The minimum absolute atomic E-state index is 0.185. The number of rotatable bonds is 3. The van der Waals surface area contributed by atoms with Gasteiger partial charge in [-0.1, -0.05) is 0 Å². The van der Waals surface area contributed by atoms with E-state index in [4.69, 9.17) is 14.2 Å². The molecule has 11 nitrogen and oxygen atoms in total. The highest BCUT2D eigenvalue weighted by Gasteiger charge is 2.54. The van der Waals surface area contributed by atoms with Gasteiger partial charge in [-0.15, -0.1) is 0 Å². The first kappa shape index (κ1) is 23.7. The fourth-order valence-corrected chi connectivity index (χ4v) is 5.63. The van der Waals surface area contributed by atoms with Crippen molar-refractivity contribution < 1.29 is 55.1 Å². The molecule has 4 fully saturated rings. The predicted molar refractivity (Wildman–Crippen MR) is 103 cm³/mol. The van der Waals surface area contributed by atoms with E-state index >= 15 is 0 Å². The van der Waals surface area contributed by atoms with E-state index in [9.17, 15) is 40.9 Å². The molecule has 0 radical (unpaired) electrons. The maximum Gasteiger partial charge on any atom is 0.186 e. The molecular formula is C20H35O11+. The Balaban J connectivity index is 1.54. The van der Waals surface area contributed by atoms with E-state index in [1.165, 1.54) is 0 Å². The second-order valence-electron chi connectivity index (χ2n) is 9.58. The number of hydrogen-bond donors (Lipinski definition) is 8. The first-order chi connectivity index (χ1) is 14.7. The molecule has 31 heavy (non-hydrogen) atoms. The molecule has 0 spiro atoms. The standard InChI is InChI=1S/C20H34O11/c21-8-3-10(22)9-5-15(31-20-18(28)17(27)13(25)6-29-20)19(30-14(9)4-8)7-1-11(23)16(26)12(24)2-7/h7-28H,1-6H2/p+1/t7?,8?,9?,10?,11?,12?,13-,14?,15?,16?,17-,18+,19?,20-/m0/s1. The summed E-state index contributed by atoms with van der Waals surface area (Å²) in [6.07, 6.45) is -10.5. The first-order valence-electron chi connectivity index (χ1n) is 11.1. The zero-order chi connectivity index (χ0) is 22.4. The molecule has 0 bridgehead atoms. The lowest BCUT2D eigenvalue weighted by Crippen LogP contribution is -2.62. The van der Waals surface area contributed by atoms with Crippen LogP contribution in [0.25, 0.3) is 0 Å². The average Bonchev–Trinajstić information content (AvgIpc) is 2.72. The summed E-state index contributed by atoms with van der Waals surface area (Å²) < 4.78 is 16.2. The quantitative estimate of drug-likeness (QED) is 0.197. The summed E-state index contributed by atoms with van der Waals surface area (Å²) in [4.78, 5) is 0. The third-order valence-electron chi connectivity index (χ3n) is 7.39. The molecule has 0 aromatic rings. The van der Waals surface area contributed by atoms with E-state index in [-0.39, 0.29) is 43.8 Å². The van der Waals surface area contributed by atoms with Gasteiger partial charge in [0.15, 0.2) is 18.5 Å².